The number of hydrogen-bond acceptors (Lipinski definition) is 3. The molecule has 1 rings (SSSR count). The van der Waals surface area contributed by atoms with E-state index in [1.54, 1.807) is 12.1 Å². The van der Waals surface area contributed by atoms with Gasteiger partial charge in [-0.15, -0.1) is 0 Å². The van der Waals surface area contributed by atoms with Crippen LogP contribution < -0.4 is 5.73 Å². The zero-order chi connectivity index (χ0) is 17.6. The second-order valence-electron chi connectivity index (χ2n) is 4.65. The van der Waals surface area contributed by atoms with Gasteiger partial charge in [0.2, 0.25) is 0 Å². The van der Waals surface area contributed by atoms with E-state index in [1.807, 2.05) is 6.92 Å². The second kappa shape index (κ2) is 7.62. The van der Waals surface area contributed by atoms with E-state index < -0.39 is 23.4 Å². The van der Waals surface area contributed by atoms with Crippen LogP contribution >= 0.6 is 0 Å². The molecule has 0 aliphatic heterocycles. The minimum atomic E-state index is -4.96. The summed E-state index contributed by atoms with van der Waals surface area (Å²) in [5.74, 6) is -1.80. The number of nitrogens with zero attached hydrogens (tertiary/aromatic N) is 1. The third-order valence-electron chi connectivity index (χ3n) is 3.05. The smallest absolute Gasteiger partial charge is 0.434 e. The van der Waals surface area contributed by atoms with Crippen LogP contribution in [0.5, 0.6) is 0 Å². The van der Waals surface area contributed by atoms with E-state index >= 15 is 0 Å². The van der Waals surface area contributed by atoms with Gasteiger partial charge in [-0.2, -0.15) is 13.2 Å². The van der Waals surface area contributed by atoms with Crippen molar-refractivity contribution in [2.45, 2.75) is 25.9 Å². The minimum absolute atomic E-state index is 0.00104. The minimum Gasteiger partial charge on any atom is -0.478 e. The maximum Gasteiger partial charge on any atom is 0.434 e. The van der Waals surface area contributed by atoms with Crippen LogP contribution in [-0.2, 0) is 11.2 Å². The third-order valence-corrected chi connectivity index (χ3v) is 3.05. The van der Waals surface area contributed by atoms with Gasteiger partial charge >= 0.3 is 12.1 Å². The molecule has 0 unspecified atom stereocenters. The molecular formula is C16H17F3N2O2. The number of hydrogen-bond donors (Lipinski definition) is 2. The number of aliphatic imine (C=N–C) groups is 1. The molecule has 0 aromatic heterocycles. The normalized spacial score (nSPS) is 13.0. The first-order valence-corrected chi connectivity index (χ1v) is 6.82. The average molecular weight is 326 g/mol. The fraction of sp³-hybridized carbons (Fsp3) is 0.250. The van der Waals surface area contributed by atoms with Gasteiger partial charge in [-0.1, -0.05) is 38.1 Å². The van der Waals surface area contributed by atoms with Crippen LogP contribution in [0, 0.1) is 0 Å². The number of aryl methyl sites for hydroxylation is 1. The Balaban J connectivity index is 3.59. The SMILES string of the molecule is C=Cc1c(CCC)cccc1N=C(/C(=C\N)C(=O)O)C(F)(F)F. The van der Waals surface area contributed by atoms with Crippen molar-refractivity contribution in [3.8, 4) is 0 Å². The highest BCUT2D eigenvalue weighted by molar-refractivity contribution is 6.22. The number of benzene rings is 1. The fourth-order valence-electron chi connectivity index (χ4n) is 2.07. The van der Waals surface area contributed by atoms with Gasteiger partial charge in [-0.05, 0) is 18.1 Å². The van der Waals surface area contributed by atoms with Crippen molar-refractivity contribution in [1.82, 2.24) is 0 Å². The molecule has 4 nitrogen and oxygen atoms in total. The number of nitrogens with two attached hydrogens (primary N) is 1. The molecule has 0 aliphatic carbocycles. The maximum atomic E-state index is 13.2. The summed E-state index contributed by atoms with van der Waals surface area (Å²) in [4.78, 5) is 14.5. The van der Waals surface area contributed by atoms with Crippen molar-refractivity contribution < 1.29 is 23.1 Å². The van der Waals surface area contributed by atoms with Gasteiger partial charge in [0.05, 0.1) is 5.69 Å². The number of rotatable bonds is 6. The van der Waals surface area contributed by atoms with Crippen LogP contribution in [0.25, 0.3) is 6.08 Å². The number of carbonyl (C=O) groups is 1. The van der Waals surface area contributed by atoms with Crippen molar-refractivity contribution in [3.63, 3.8) is 0 Å². The Morgan fingerprint density at radius 3 is 2.52 bits per heavy atom. The first-order chi connectivity index (χ1) is 10.8. The first kappa shape index (κ1) is 18.5. The largest absolute Gasteiger partial charge is 0.478 e. The molecule has 0 bridgehead atoms. The van der Waals surface area contributed by atoms with Crippen LogP contribution in [0.3, 0.4) is 0 Å². The molecule has 23 heavy (non-hydrogen) atoms. The summed E-state index contributed by atoms with van der Waals surface area (Å²) in [7, 11) is 0. The highest BCUT2D eigenvalue weighted by Crippen LogP contribution is 2.30. The maximum absolute atomic E-state index is 13.2. The Kier molecular flexibility index (Phi) is 6.12. The van der Waals surface area contributed by atoms with Gasteiger partial charge in [0.15, 0.2) is 5.71 Å². The van der Waals surface area contributed by atoms with Gasteiger partial charge in [0.1, 0.15) is 5.57 Å². The summed E-state index contributed by atoms with van der Waals surface area (Å²) in [6, 6.07) is 4.71. The van der Waals surface area contributed by atoms with Gasteiger partial charge in [-0.3, -0.25) is 0 Å². The molecule has 3 N–H and O–H groups in total. The van der Waals surface area contributed by atoms with Crippen LogP contribution in [-0.4, -0.2) is 23.0 Å². The molecule has 0 saturated heterocycles. The van der Waals surface area contributed by atoms with Gasteiger partial charge in [0.25, 0.3) is 0 Å². The number of halogens is 3. The Morgan fingerprint density at radius 2 is 2.09 bits per heavy atom. The first-order valence-electron chi connectivity index (χ1n) is 6.82. The van der Waals surface area contributed by atoms with E-state index in [4.69, 9.17) is 10.8 Å². The molecule has 0 saturated carbocycles. The number of carboxylic acid groups (broad SMARTS) is 1. The summed E-state index contributed by atoms with van der Waals surface area (Å²) >= 11 is 0. The van der Waals surface area contributed by atoms with Gasteiger partial charge in [-0.25, -0.2) is 9.79 Å². The Labute approximate surface area is 131 Å². The van der Waals surface area contributed by atoms with E-state index in [2.05, 4.69) is 11.6 Å². The molecule has 0 fully saturated rings. The lowest BCUT2D eigenvalue weighted by molar-refractivity contribution is -0.132. The van der Waals surface area contributed by atoms with E-state index in [9.17, 15) is 18.0 Å². The van der Waals surface area contributed by atoms with Crippen LogP contribution in [0.15, 0.2) is 41.5 Å². The molecule has 0 amide bonds. The van der Waals surface area contributed by atoms with Crippen molar-refractivity contribution in [2.24, 2.45) is 10.7 Å². The zero-order valence-corrected chi connectivity index (χ0v) is 12.5. The Hall–Kier alpha value is -2.57. The predicted octanol–water partition coefficient (Wildman–Crippen LogP) is 3.84. The summed E-state index contributed by atoms with van der Waals surface area (Å²) in [5, 5.41) is 8.90. The number of carboxylic acids is 1. The highest BCUT2D eigenvalue weighted by atomic mass is 19.4. The zero-order valence-electron chi connectivity index (χ0n) is 12.5. The monoisotopic (exact) mass is 326 g/mol. The fourth-order valence-corrected chi connectivity index (χ4v) is 2.07. The Bertz CT molecular complexity index is 662. The van der Waals surface area contributed by atoms with E-state index in [0.29, 0.717) is 18.2 Å². The summed E-state index contributed by atoms with van der Waals surface area (Å²) in [6.07, 6.45) is -1.72. The number of alkyl halides is 3. The van der Waals surface area contributed by atoms with Crippen molar-refractivity contribution >= 4 is 23.4 Å². The lowest BCUT2D eigenvalue weighted by Gasteiger charge is -2.13. The molecule has 0 heterocycles. The van der Waals surface area contributed by atoms with Crippen LogP contribution in [0.2, 0.25) is 0 Å². The van der Waals surface area contributed by atoms with Crippen LogP contribution in [0.1, 0.15) is 24.5 Å². The quantitative estimate of drug-likeness (QED) is 0.616. The lowest BCUT2D eigenvalue weighted by atomic mass is 10.0. The topological polar surface area (TPSA) is 75.7 Å². The van der Waals surface area contributed by atoms with Crippen LogP contribution in [0.4, 0.5) is 18.9 Å². The highest BCUT2D eigenvalue weighted by Gasteiger charge is 2.40. The van der Waals surface area contributed by atoms with Crippen molar-refractivity contribution in [1.29, 1.82) is 0 Å². The molecule has 0 atom stereocenters. The van der Waals surface area contributed by atoms with Gasteiger partial charge < -0.3 is 10.8 Å². The van der Waals surface area contributed by atoms with Crippen molar-refractivity contribution in [2.75, 3.05) is 0 Å². The molecule has 0 spiro atoms. The molecule has 1 aromatic carbocycles. The van der Waals surface area contributed by atoms with E-state index in [1.165, 1.54) is 12.1 Å². The third kappa shape index (κ3) is 4.45. The predicted molar refractivity (Wildman–Crippen MR) is 83.6 cm³/mol. The van der Waals surface area contributed by atoms with E-state index in [0.717, 1.165) is 12.0 Å². The number of aliphatic carboxylic acids is 1. The molecular weight excluding hydrogens is 309 g/mol. The van der Waals surface area contributed by atoms with E-state index in [-0.39, 0.29) is 5.69 Å². The molecule has 1 aromatic rings. The van der Waals surface area contributed by atoms with Gasteiger partial charge in [0, 0.05) is 11.8 Å². The summed E-state index contributed by atoms with van der Waals surface area (Å²) < 4.78 is 39.5. The summed E-state index contributed by atoms with van der Waals surface area (Å²) in [6.45, 7) is 5.53. The molecule has 0 radical (unpaired) electrons. The molecule has 124 valence electrons. The lowest BCUT2D eigenvalue weighted by Crippen LogP contribution is -2.29. The second-order valence-corrected chi connectivity index (χ2v) is 4.65. The van der Waals surface area contributed by atoms with Crippen molar-refractivity contribution in [3.05, 3.63) is 47.7 Å². The average Bonchev–Trinajstić information content (AvgIpc) is 2.46. The summed E-state index contributed by atoms with van der Waals surface area (Å²) in [5.41, 5.74) is 3.61. The molecule has 0 aliphatic rings. The standard InChI is InChI=1S/C16H17F3N2O2/c1-3-6-10-7-5-8-13(11(10)4-2)21-14(16(17,18)19)12(9-20)15(22)23/h4-5,7-9H,2-3,6,20H2,1H3,(H,22,23)/b12-9+,21-14?. The Morgan fingerprint density at radius 1 is 1.43 bits per heavy atom. The molecule has 7 heteroatoms.